The Bertz CT molecular complexity index is 3030. The molecule has 3 heteroatoms. The van der Waals surface area contributed by atoms with Crippen LogP contribution in [0.25, 0.3) is 76.2 Å². The van der Waals surface area contributed by atoms with Crippen LogP contribution in [-0.2, 0) is 5.41 Å². The summed E-state index contributed by atoms with van der Waals surface area (Å²) in [6.45, 7) is 6.97. The second kappa shape index (κ2) is 9.30. The van der Waals surface area contributed by atoms with Crippen LogP contribution in [-0.4, -0.2) is 8.80 Å². The van der Waals surface area contributed by atoms with Crippen molar-refractivity contribution in [3.8, 4) is 0 Å². The molecule has 0 aliphatic heterocycles. The molecule has 0 amide bonds. The minimum Gasteiger partial charge on any atom is -0.310 e. The van der Waals surface area contributed by atoms with Crippen LogP contribution in [0.3, 0.4) is 0 Å². The molecule has 0 atom stereocenters. The Hall–Kier alpha value is -6.06. The average Bonchev–Trinajstić information content (AvgIpc) is 3.85. The molecule has 0 aliphatic carbocycles. The van der Waals surface area contributed by atoms with Gasteiger partial charge in [-0.05, 0) is 77.7 Å². The van der Waals surface area contributed by atoms with Gasteiger partial charge in [-0.2, -0.15) is 0 Å². The van der Waals surface area contributed by atoms with Gasteiger partial charge in [-0.1, -0.05) is 99.6 Å². The minimum atomic E-state index is 0.0339. The summed E-state index contributed by atoms with van der Waals surface area (Å²) < 4.78 is 5.05. The Morgan fingerprint density at radius 2 is 0.918 bits per heavy atom. The molecule has 11 rings (SSSR count). The van der Waals surface area contributed by atoms with Gasteiger partial charge in [0.1, 0.15) is 0 Å². The van der Waals surface area contributed by atoms with Crippen molar-refractivity contribution in [2.24, 2.45) is 0 Å². The lowest BCUT2D eigenvalue weighted by Gasteiger charge is -2.26. The van der Waals surface area contributed by atoms with Gasteiger partial charge in [0.25, 0.3) is 0 Å². The lowest BCUT2D eigenvalue weighted by atomic mass is 9.85. The second-order valence-corrected chi connectivity index (χ2v) is 14.6. The average molecular weight is 628 g/mol. The van der Waals surface area contributed by atoms with Crippen molar-refractivity contribution in [1.29, 1.82) is 0 Å². The molecule has 0 unspecified atom stereocenters. The van der Waals surface area contributed by atoms with Gasteiger partial charge < -0.3 is 13.7 Å². The SMILES string of the molecule is CC(C)(C)c1cc2c3ccccc3n3c4cc5c6ccc(N(c7ccccc7)c7ccccc7)c7c8ccccc8n(c5cc4c(c1)c23)c67. The zero-order valence-electron chi connectivity index (χ0n) is 27.7. The Balaban J connectivity index is 1.32. The number of hydrogen-bond donors (Lipinski definition) is 0. The van der Waals surface area contributed by atoms with E-state index in [4.69, 9.17) is 0 Å². The zero-order chi connectivity index (χ0) is 32.6. The van der Waals surface area contributed by atoms with Gasteiger partial charge in [0.05, 0.1) is 38.8 Å². The smallest absolute Gasteiger partial charge is 0.0641 e. The maximum Gasteiger partial charge on any atom is 0.0641 e. The summed E-state index contributed by atoms with van der Waals surface area (Å²) >= 11 is 0. The molecule has 7 aromatic carbocycles. The molecule has 0 saturated heterocycles. The Kier molecular flexibility index (Phi) is 5.11. The van der Waals surface area contributed by atoms with E-state index >= 15 is 0 Å². The van der Waals surface area contributed by atoms with Crippen LogP contribution in [0.5, 0.6) is 0 Å². The first-order valence-corrected chi connectivity index (χ1v) is 17.2. The van der Waals surface area contributed by atoms with Gasteiger partial charge in [0.2, 0.25) is 0 Å². The predicted octanol–water partition coefficient (Wildman–Crippen LogP) is 12.8. The largest absolute Gasteiger partial charge is 0.310 e. The molecular formula is C46H33N3. The number of hydrogen-bond acceptors (Lipinski definition) is 1. The zero-order valence-corrected chi connectivity index (χ0v) is 27.7. The Labute approximate surface area is 283 Å². The molecule has 232 valence electrons. The Morgan fingerprint density at radius 1 is 0.408 bits per heavy atom. The van der Waals surface area contributed by atoms with Gasteiger partial charge >= 0.3 is 0 Å². The van der Waals surface area contributed by atoms with Gasteiger partial charge in [0, 0.05) is 54.5 Å². The molecule has 4 heterocycles. The molecule has 0 aliphatic rings. The molecule has 11 aromatic rings. The van der Waals surface area contributed by atoms with E-state index < -0.39 is 0 Å². The van der Waals surface area contributed by atoms with E-state index in [1.54, 1.807) is 0 Å². The molecule has 49 heavy (non-hydrogen) atoms. The number of anilines is 3. The molecule has 3 nitrogen and oxygen atoms in total. The van der Waals surface area contributed by atoms with Gasteiger partial charge in [-0.25, -0.2) is 0 Å². The Morgan fingerprint density at radius 3 is 1.55 bits per heavy atom. The fourth-order valence-corrected chi connectivity index (χ4v) is 8.68. The van der Waals surface area contributed by atoms with E-state index in [1.165, 1.54) is 87.4 Å². The first-order chi connectivity index (χ1) is 24.0. The van der Waals surface area contributed by atoms with Crippen LogP contribution >= 0.6 is 0 Å². The van der Waals surface area contributed by atoms with E-state index in [9.17, 15) is 0 Å². The van der Waals surface area contributed by atoms with Gasteiger partial charge in [-0.3, -0.25) is 0 Å². The van der Waals surface area contributed by atoms with Crippen molar-refractivity contribution >= 4 is 93.3 Å². The lowest BCUT2D eigenvalue weighted by molar-refractivity contribution is 0.592. The molecule has 4 aromatic heterocycles. The van der Waals surface area contributed by atoms with Crippen LogP contribution in [0.15, 0.2) is 146 Å². The molecular weight excluding hydrogens is 595 g/mol. The fourth-order valence-electron chi connectivity index (χ4n) is 8.68. The second-order valence-electron chi connectivity index (χ2n) is 14.6. The third-order valence-electron chi connectivity index (χ3n) is 10.9. The number of nitrogens with zero attached hydrogens (tertiary/aromatic N) is 3. The van der Waals surface area contributed by atoms with E-state index in [-0.39, 0.29) is 5.41 Å². The van der Waals surface area contributed by atoms with Crippen molar-refractivity contribution < 1.29 is 0 Å². The number of aromatic nitrogens is 2. The number of fused-ring (bicyclic) bond motifs is 12. The number of rotatable bonds is 3. The van der Waals surface area contributed by atoms with Crippen molar-refractivity contribution in [3.05, 3.63) is 151 Å². The standard InChI is InChI=1S/C46H33N3/c1-46(2,3)28-24-36-31-18-10-12-20-38(31)48-42-26-34-32-22-23-40(47(29-14-6-4-7-15-29)30-16-8-5-9-17-30)43-33-19-11-13-21-39(33)49(45(32)43)41(34)27-35(42)37(25-28)44(36)48/h4-27H,1-3H3. The fraction of sp³-hybridized carbons (Fsp3) is 0.0870. The summed E-state index contributed by atoms with van der Waals surface area (Å²) in [6, 6.07) is 53.9. The van der Waals surface area contributed by atoms with Crippen LogP contribution in [0, 0.1) is 0 Å². The molecule has 0 radical (unpaired) electrons. The first-order valence-electron chi connectivity index (χ1n) is 17.2. The predicted molar refractivity (Wildman–Crippen MR) is 209 cm³/mol. The van der Waals surface area contributed by atoms with Crippen molar-refractivity contribution in [2.75, 3.05) is 4.90 Å². The number of para-hydroxylation sites is 4. The topological polar surface area (TPSA) is 12.1 Å². The summed E-state index contributed by atoms with van der Waals surface area (Å²) in [7, 11) is 0. The molecule has 0 bridgehead atoms. The summed E-state index contributed by atoms with van der Waals surface area (Å²) in [4.78, 5) is 2.41. The third kappa shape index (κ3) is 3.47. The lowest BCUT2D eigenvalue weighted by Crippen LogP contribution is -2.10. The number of benzene rings is 7. The monoisotopic (exact) mass is 627 g/mol. The molecule has 0 N–H and O–H groups in total. The van der Waals surface area contributed by atoms with Gasteiger partial charge in [0.15, 0.2) is 0 Å². The van der Waals surface area contributed by atoms with E-state index in [0.717, 1.165) is 11.4 Å². The summed E-state index contributed by atoms with van der Waals surface area (Å²) in [5.74, 6) is 0. The quantitative estimate of drug-likeness (QED) is 0.190. The van der Waals surface area contributed by atoms with Crippen molar-refractivity contribution in [1.82, 2.24) is 8.80 Å². The maximum absolute atomic E-state index is 2.53. The minimum absolute atomic E-state index is 0.0339. The summed E-state index contributed by atoms with van der Waals surface area (Å²) in [5.41, 5.74) is 12.5. The molecule has 0 spiro atoms. The van der Waals surface area contributed by atoms with Crippen LogP contribution in [0.1, 0.15) is 26.3 Å². The van der Waals surface area contributed by atoms with Gasteiger partial charge in [-0.15, -0.1) is 0 Å². The maximum atomic E-state index is 2.53. The molecule has 0 saturated carbocycles. The highest BCUT2D eigenvalue weighted by atomic mass is 15.1. The molecule has 0 fully saturated rings. The summed E-state index contributed by atoms with van der Waals surface area (Å²) in [5, 5.41) is 10.4. The van der Waals surface area contributed by atoms with Crippen LogP contribution in [0.4, 0.5) is 17.1 Å². The highest BCUT2D eigenvalue weighted by Crippen LogP contribution is 2.49. The highest BCUT2D eigenvalue weighted by Gasteiger charge is 2.27. The first kappa shape index (κ1) is 26.9. The highest BCUT2D eigenvalue weighted by molar-refractivity contribution is 6.31. The van der Waals surface area contributed by atoms with Crippen molar-refractivity contribution in [2.45, 2.75) is 26.2 Å². The van der Waals surface area contributed by atoms with Crippen LogP contribution in [0.2, 0.25) is 0 Å². The third-order valence-corrected chi connectivity index (χ3v) is 10.9. The van der Waals surface area contributed by atoms with Crippen molar-refractivity contribution in [3.63, 3.8) is 0 Å². The van der Waals surface area contributed by atoms with E-state index in [1.807, 2.05) is 0 Å². The summed E-state index contributed by atoms with van der Waals surface area (Å²) in [6.07, 6.45) is 0. The normalized spacial score (nSPS) is 12.8. The van der Waals surface area contributed by atoms with E-state index in [2.05, 4.69) is 180 Å². The van der Waals surface area contributed by atoms with E-state index in [0.29, 0.717) is 0 Å². The van der Waals surface area contributed by atoms with Crippen LogP contribution < -0.4 is 4.90 Å².